The van der Waals surface area contributed by atoms with E-state index in [0.717, 1.165) is 47.9 Å². The number of pyridine rings is 1. The zero-order valence-corrected chi connectivity index (χ0v) is 17.8. The van der Waals surface area contributed by atoms with Gasteiger partial charge in [-0.25, -0.2) is 4.98 Å². The van der Waals surface area contributed by atoms with Crippen LogP contribution >= 0.6 is 0 Å². The first-order valence-electron chi connectivity index (χ1n) is 11.1. The van der Waals surface area contributed by atoms with Crippen LogP contribution < -0.4 is 15.8 Å². The number of benzene rings is 2. The molecule has 1 saturated heterocycles. The number of hydrogen-bond donors (Lipinski definition) is 1. The smallest absolute Gasteiger partial charge is 0.294 e. The number of anilines is 2. The van der Waals surface area contributed by atoms with Gasteiger partial charge >= 0.3 is 0 Å². The predicted octanol–water partition coefficient (Wildman–Crippen LogP) is 3.96. The van der Waals surface area contributed by atoms with Crippen LogP contribution in [0, 0.1) is 0 Å². The van der Waals surface area contributed by atoms with E-state index in [2.05, 4.69) is 20.2 Å². The minimum Gasteiger partial charge on any atom is -0.352 e. The van der Waals surface area contributed by atoms with Gasteiger partial charge in [0.15, 0.2) is 5.82 Å². The molecule has 2 aromatic carbocycles. The summed E-state index contributed by atoms with van der Waals surface area (Å²) >= 11 is 0. The summed E-state index contributed by atoms with van der Waals surface area (Å²) in [5.74, 6) is 0.331. The SMILES string of the molecule is O=C(CCn1c(=O)c(N2CCCCC2)nc2ccccc21)Nc1cccc2cccnc12. The highest BCUT2D eigenvalue weighted by atomic mass is 16.2. The minimum atomic E-state index is -0.157. The van der Waals surface area contributed by atoms with Gasteiger partial charge in [0.2, 0.25) is 5.91 Å². The van der Waals surface area contributed by atoms with E-state index >= 15 is 0 Å². The van der Waals surface area contributed by atoms with Crippen LogP contribution in [0.1, 0.15) is 25.7 Å². The molecule has 1 amide bonds. The van der Waals surface area contributed by atoms with Crippen LogP contribution in [0.3, 0.4) is 0 Å². The van der Waals surface area contributed by atoms with Crippen molar-refractivity contribution in [1.82, 2.24) is 14.5 Å². The van der Waals surface area contributed by atoms with Gasteiger partial charge in [0.25, 0.3) is 5.56 Å². The maximum Gasteiger partial charge on any atom is 0.294 e. The average molecular weight is 428 g/mol. The van der Waals surface area contributed by atoms with E-state index in [0.29, 0.717) is 11.5 Å². The van der Waals surface area contributed by atoms with Crippen LogP contribution in [0.25, 0.3) is 21.9 Å². The fourth-order valence-corrected chi connectivity index (χ4v) is 4.34. The molecule has 1 aliphatic heterocycles. The van der Waals surface area contributed by atoms with Crippen LogP contribution in [0.15, 0.2) is 65.6 Å². The molecule has 1 fully saturated rings. The lowest BCUT2D eigenvalue weighted by atomic mass is 10.1. The Kier molecular flexibility index (Phi) is 5.54. The van der Waals surface area contributed by atoms with Crippen molar-refractivity contribution in [3.63, 3.8) is 0 Å². The highest BCUT2D eigenvalue weighted by Gasteiger charge is 2.19. The molecule has 32 heavy (non-hydrogen) atoms. The van der Waals surface area contributed by atoms with Crippen LogP contribution in [-0.4, -0.2) is 33.5 Å². The van der Waals surface area contributed by atoms with Gasteiger partial charge in [0, 0.05) is 37.6 Å². The zero-order valence-electron chi connectivity index (χ0n) is 17.8. The Labute approximate surface area is 185 Å². The molecule has 0 unspecified atom stereocenters. The van der Waals surface area contributed by atoms with E-state index in [4.69, 9.17) is 0 Å². The number of carbonyl (C=O) groups excluding carboxylic acids is 1. The van der Waals surface area contributed by atoms with Gasteiger partial charge in [-0.1, -0.05) is 30.3 Å². The Balaban J connectivity index is 1.41. The summed E-state index contributed by atoms with van der Waals surface area (Å²) < 4.78 is 1.69. The second-order valence-corrected chi connectivity index (χ2v) is 8.11. The fourth-order valence-electron chi connectivity index (χ4n) is 4.34. The number of para-hydroxylation sites is 3. The van der Waals surface area contributed by atoms with Crippen molar-refractivity contribution >= 4 is 39.3 Å². The monoisotopic (exact) mass is 427 g/mol. The van der Waals surface area contributed by atoms with Crippen LogP contribution in [-0.2, 0) is 11.3 Å². The first-order valence-corrected chi connectivity index (χ1v) is 11.1. The predicted molar refractivity (Wildman–Crippen MR) is 127 cm³/mol. The molecule has 0 bridgehead atoms. The summed E-state index contributed by atoms with van der Waals surface area (Å²) in [5.41, 5.74) is 2.81. The number of fused-ring (bicyclic) bond motifs is 2. The van der Waals surface area contributed by atoms with Gasteiger partial charge in [-0.05, 0) is 43.5 Å². The average Bonchev–Trinajstić information content (AvgIpc) is 2.84. The molecule has 1 N–H and O–H groups in total. The van der Waals surface area contributed by atoms with Gasteiger partial charge in [0.1, 0.15) is 0 Å². The summed E-state index contributed by atoms with van der Waals surface area (Å²) in [5, 5.41) is 3.92. The summed E-state index contributed by atoms with van der Waals surface area (Å²) in [6.07, 6.45) is 5.20. The lowest BCUT2D eigenvalue weighted by Crippen LogP contribution is -2.37. The molecule has 0 aliphatic carbocycles. The van der Waals surface area contributed by atoms with Crippen LogP contribution in [0.4, 0.5) is 11.5 Å². The molecule has 0 saturated carbocycles. The first kappa shape index (κ1) is 20.2. The van der Waals surface area contributed by atoms with E-state index in [-0.39, 0.29) is 24.4 Å². The molecule has 5 rings (SSSR count). The third-order valence-corrected chi connectivity index (χ3v) is 5.96. The lowest BCUT2D eigenvalue weighted by Gasteiger charge is -2.27. The van der Waals surface area contributed by atoms with Crippen molar-refractivity contribution in [1.29, 1.82) is 0 Å². The number of rotatable bonds is 5. The molecule has 7 heteroatoms. The number of carbonyl (C=O) groups is 1. The van der Waals surface area contributed by atoms with E-state index < -0.39 is 0 Å². The second kappa shape index (κ2) is 8.78. The summed E-state index contributed by atoms with van der Waals surface area (Å²) in [6.45, 7) is 1.97. The topological polar surface area (TPSA) is 80.1 Å². The number of aromatic nitrogens is 3. The Morgan fingerprint density at radius 2 is 1.78 bits per heavy atom. The number of hydrogen-bond acceptors (Lipinski definition) is 5. The van der Waals surface area contributed by atoms with E-state index in [1.807, 2.05) is 54.6 Å². The standard InChI is InChI=1S/C25H25N5O2/c31-22(27-20-11-6-8-18-9-7-14-26-23(18)20)13-17-30-21-12-3-2-10-19(21)28-24(25(30)32)29-15-4-1-5-16-29/h2-3,6-12,14H,1,4-5,13,15-17H2,(H,27,31). The van der Waals surface area contributed by atoms with Crippen molar-refractivity contribution in [2.75, 3.05) is 23.3 Å². The number of nitrogens with one attached hydrogen (secondary N) is 1. The third-order valence-electron chi connectivity index (χ3n) is 5.96. The highest BCUT2D eigenvalue weighted by Crippen LogP contribution is 2.21. The van der Waals surface area contributed by atoms with E-state index in [9.17, 15) is 9.59 Å². The second-order valence-electron chi connectivity index (χ2n) is 8.11. The maximum atomic E-state index is 13.3. The molecule has 2 aromatic heterocycles. The summed E-state index contributed by atoms with van der Waals surface area (Å²) in [6, 6.07) is 17.1. The Morgan fingerprint density at radius 1 is 0.969 bits per heavy atom. The maximum absolute atomic E-state index is 13.3. The molecule has 4 aromatic rings. The largest absolute Gasteiger partial charge is 0.352 e. The van der Waals surface area contributed by atoms with Gasteiger partial charge in [0.05, 0.1) is 22.2 Å². The van der Waals surface area contributed by atoms with Crippen molar-refractivity contribution in [2.24, 2.45) is 0 Å². The Bertz CT molecular complexity index is 1340. The highest BCUT2D eigenvalue weighted by molar-refractivity contribution is 6.00. The number of amides is 1. The van der Waals surface area contributed by atoms with Crippen LogP contribution in [0.2, 0.25) is 0 Å². The molecule has 0 spiro atoms. The van der Waals surface area contributed by atoms with Gasteiger partial charge in [-0.3, -0.25) is 14.6 Å². The number of aryl methyl sites for hydroxylation is 1. The van der Waals surface area contributed by atoms with Crippen molar-refractivity contribution in [3.05, 3.63) is 71.1 Å². The van der Waals surface area contributed by atoms with E-state index in [1.165, 1.54) is 6.42 Å². The zero-order chi connectivity index (χ0) is 21.9. The third kappa shape index (κ3) is 3.93. The summed E-state index contributed by atoms with van der Waals surface area (Å²) in [4.78, 5) is 37.3. The molecule has 0 atom stereocenters. The van der Waals surface area contributed by atoms with Crippen LogP contribution in [0.5, 0.6) is 0 Å². The molecule has 7 nitrogen and oxygen atoms in total. The number of nitrogens with zero attached hydrogens (tertiary/aromatic N) is 4. The number of piperidine rings is 1. The molecule has 1 aliphatic rings. The van der Waals surface area contributed by atoms with Gasteiger partial charge in [-0.15, -0.1) is 0 Å². The van der Waals surface area contributed by atoms with Crippen molar-refractivity contribution in [3.8, 4) is 0 Å². The van der Waals surface area contributed by atoms with Crippen molar-refractivity contribution in [2.45, 2.75) is 32.2 Å². The molecule has 0 radical (unpaired) electrons. The van der Waals surface area contributed by atoms with Gasteiger partial charge < -0.3 is 14.8 Å². The fraction of sp³-hybridized carbons (Fsp3) is 0.280. The molecule has 3 heterocycles. The summed E-state index contributed by atoms with van der Waals surface area (Å²) in [7, 11) is 0. The molecular weight excluding hydrogens is 402 g/mol. The lowest BCUT2D eigenvalue weighted by molar-refractivity contribution is -0.116. The van der Waals surface area contributed by atoms with E-state index in [1.54, 1.807) is 10.8 Å². The van der Waals surface area contributed by atoms with Crippen molar-refractivity contribution < 1.29 is 4.79 Å². The normalized spacial score (nSPS) is 14.1. The Morgan fingerprint density at radius 3 is 2.66 bits per heavy atom. The Hall–Kier alpha value is -3.74. The molecule has 162 valence electrons. The quantitative estimate of drug-likeness (QED) is 0.521. The molecular formula is C25H25N5O2. The minimum absolute atomic E-state index is 0.134. The van der Waals surface area contributed by atoms with Gasteiger partial charge in [-0.2, -0.15) is 0 Å². The first-order chi connectivity index (χ1) is 15.7.